The van der Waals surface area contributed by atoms with E-state index in [1.807, 2.05) is 14.1 Å². The van der Waals surface area contributed by atoms with Gasteiger partial charge in [0.15, 0.2) is 0 Å². The van der Waals surface area contributed by atoms with Crippen molar-refractivity contribution < 1.29 is 27.7 Å². The Bertz CT molecular complexity index is 955. The number of hydrogen-bond donors (Lipinski definition) is 1. The number of carbonyl (C=O) groups is 1. The molecule has 0 saturated heterocycles. The van der Waals surface area contributed by atoms with Crippen molar-refractivity contribution in [2.24, 2.45) is 46.3 Å². The molecule has 8 heteroatoms. The zero-order chi connectivity index (χ0) is 28.5. The smallest absolute Gasteiger partial charge is 0.220 e. The van der Waals surface area contributed by atoms with Gasteiger partial charge in [-0.1, -0.05) is 33.6 Å². The lowest BCUT2D eigenvalue weighted by atomic mass is 9.44. The molecule has 4 fully saturated rings. The minimum Gasteiger partial charge on any atom is -0.748 e. The van der Waals surface area contributed by atoms with Crippen LogP contribution in [-0.2, 0) is 14.9 Å². The maximum Gasteiger partial charge on any atom is 0.220 e. The van der Waals surface area contributed by atoms with Gasteiger partial charge in [0.25, 0.3) is 0 Å². The summed E-state index contributed by atoms with van der Waals surface area (Å²) in [6.45, 7) is 9.87. The van der Waals surface area contributed by atoms with E-state index in [1.54, 1.807) is 0 Å². The van der Waals surface area contributed by atoms with Gasteiger partial charge in [0.05, 0.1) is 37.3 Å². The largest absolute Gasteiger partial charge is 0.748 e. The molecule has 7 nitrogen and oxygen atoms in total. The second-order valence-electron chi connectivity index (χ2n) is 15.3. The summed E-state index contributed by atoms with van der Waals surface area (Å²) in [5.41, 5.74) is 1.07. The maximum absolute atomic E-state index is 12.7. The van der Waals surface area contributed by atoms with Crippen molar-refractivity contribution in [3.8, 4) is 0 Å². The van der Waals surface area contributed by atoms with E-state index in [0.717, 1.165) is 49.0 Å². The molecule has 4 saturated carbocycles. The van der Waals surface area contributed by atoms with E-state index in [1.165, 1.54) is 64.2 Å². The standard InChI is InChI=1S/C32H58N2O4S.H2O/c1-24(11-16-30(35)33-20-8-21-34(4,5)22-9-23-39(36,37)38)27-14-15-28-26-13-12-25-10-6-7-18-31(25,2)29(26)17-19-32(27,28)3;/h24-29H,6-23H2,1-5H3,(H-,33,35,36,37,38);1H2/t24-,25?,26?,27-,28?,29?,31+,32-;/m1./s1. The average Bonchev–Trinajstić information content (AvgIpc) is 3.21. The number of fused-ring (bicyclic) bond motifs is 5. The number of quaternary nitrogens is 1. The van der Waals surface area contributed by atoms with Crippen molar-refractivity contribution >= 4 is 16.0 Å². The maximum atomic E-state index is 12.7. The first-order chi connectivity index (χ1) is 18.3. The highest BCUT2D eigenvalue weighted by molar-refractivity contribution is 7.85. The van der Waals surface area contributed by atoms with Crippen LogP contribution in [0.15, 0.2) is 0 Å². The van der Waals surface area contributed by atoms with Crippen LogP contribution in [0, 0.1) is 46.3 Å². The van der Waals surface area contributed by atoms with E-state index in [9.17, 15) is 17.8 Å². The fourth-order valence-corrected chi connectivity index (χ4v) is 10.9. The topological polar surface area (TPSA) is 118 Å². The summed E-state index contributed by atoms with van der Waals surface area (Å²) in [5, 5.41) is 3.12. The lowest BCUT2D eigenvalue weighted by molar-refractivity contribution is -0.890. The van der Waals surface area contributed by atoms with E-state index >= 15 is 0 Å². The van der Waals surface area contributed by atoms with Gasteiger partial charge < -0.3 is 19.8 Å². The number of hydrogen-bond acceptors (Lipinski definition) is 4. The van der Waals surface area contributed by atoms with Crippen LogP contribution in [0.25, 0.3) is 0 Å². The van der Waals surface area contributed by atoms with Crippen molar-refractivity contribution in [2.75, 3.05) is 39.5 Å². The fraction of sp³-hybridized carbons (Fsp3) is 0.969. The lowest BCUT2D eigenvalue weighted by Gasteiger charge is -2.61. The van der Waals surface area contributed by atoms with Gasteiger partial charge >= 0.3 is 0 Å². The second kappa shape index (κ2) is 13.3. The summed E-state index contributed by atoms with van der Waals surface area (Å²) >= 11 is 0. The lowest BCUT2D eigenvalue weighted by Crippen LogP contribution is -2.53. The quantitative estimate of drug-likeness (QED) is 0.194. The molecule has 0 aromatic rings. The zero-order valence-electron chi connectivity index (χ0n) is 26.2. The molecular formula is C32H60N2O5S. The molecule has 4 rings (SSSR count). The second-order valence-corrected chi connectivity index (χ2v) is 16.9. The Kier molecular flexibility index (Phi) is 11.2. The Morgan fingerprint density at radius 1 is 0.950 bits per heavy atom. The molecule has 0 heterocycles. The van der Waals surface area contributed by atoms with Gasteiger partial charge in [-0.05, 0) is 104 Å². The van der Waals surface area contributed by atoms with Crippen molar-refractivity contribution in [2.45, 2.75) is 111 Å². The van der Waals surface area contributed by atoms with E-state index in [-0.39, 0.29) is 17.1 Å². The van der Waals surface area contributed by atoms with Gasteiger partial charge in [-0.3, -0.25) is 4.79 Å². The van der Waals surface area contributed by atoms with E-state index in [2.05, 4.69) is 26.1 Å². The first-order valence-electron chi connectivity index (χ1n) is 16.3. The fourth-order valence-electron chi connectivity index (χ4n) is 10.4. The molecule has 0 aromatic heterocycles. The first-order valence-corrected chi connectivity index (χ1v) is 17.9. The van der Waals surface area contributed by atoms with Crippen LogP contribution in [0.2, 0.25) is 0 Å². The van der Waals surface area contributed by atoms with E-state index < -0.39 is 10.1 Å². The third kappa shape index (κ3) is 7.62. The Hall–Kier alpha value is -0.700. The molecule has 0 spiro atoms. The van der Waals surface area contributed by atoms with Gasteiger partial charge in [0.1, 0.15) is 0 Å². The molecule has 4 unspecified atom stereocenters. The van der Waals surface area contributed by atoms with Gasteiger partial charge in [-0.2, -0.15) is 0 Å². The van der Waals surface area contributed by atoms with Crippen LogP contribution in [0.1, 0.15) is 111 Å². The Morgan fingerprint density at radius 3 is 2.38 bits per heavy atom. The van der Waals surface area contributed by atoms with Crippen LogP contribution in [-0.4, -0.2) is 68.3 Å². The van der Waals surface area contributed by atoms with Crippen molar-refractivity contribution in [3.05, 3.63) is 0 Å². The summed E-state index contributed by atoms with van der Waals surface area (Å²) in [7, 11) is -0.0494. The number of nitrogens with zero attached hydrogens (tertiary/aromatic N) is 1. The molecular weight excluding hydrogens is 524 g/mol. The van der Waals surface area contributed by atoms with Gasteiger partial charge in [-0.25, -0.2) is 8.42 Å². The molecule has 0 aliphatic heterocycles. The monoisotopic (exact) mass is 584 g/mol. The normalized spacial score (nSPS) is 36.5. The summed E-state index contributed by atoms with van der Waals surface area (Å²) < 4.78 is 33.2. The molecule has 1 amide bonds. The van der Waals surface area contributed by atoms with Gasteiger partial charge in [-0.15, -0.1) is 0 Å². The van der Waals surface area contributed by atoms with Gasteiger partial charge in [0.2, 0.25) is 5.91 Å². The molecule has 8 atom stereocenters. The van der Waals surface area contributed by atoms with Crippen molar-refractivity contribution in [1.82, 2.24) is 5.32 Å². The predicted molar refractivity (Wildman–Crippen MR) is 160 cm³/mol. The van der Waals surface area contributed by atoms with Gasteiger partial charge in [0, 0.05) is 31.6 Å². The highest BCUT2D eigenvalue weighted by Crippen LogP contribution is 2.68. The molecule has 0 bridgehead atoms. The number of carbonyl (C=O) groups excluding carboxylic acids is 1. The molecule has 3 N–H and O–H groups in total. The third-order valence-corrected chi connectivity index (χ3v) is 13.4. The first kappa shape index (κ1) is 33.8. The molecule has 0 radical (unpaired) electrons. The number of nitrogens with one attached hydrogen (secondary N) is 1. The average molecular weight is 585 g/mol. The van der Waals surface area contributed by atoms with Crippen molar-refractivity contribution in [3.63, 3.8) is 0 Å². The summed E-state index contributed by atoms with van der Waals surface area (Å²) in [6, 6.07) is 0. The van der Waals surface area contributed by atoms with Crippen molar-refractivity contribution in [1.29, 1.82) is 0 Å². The zero-order valence-corrected chi connectivity index (χ0v) is 27.0. The minimum absolute atomic E-state index is 0. The van der Waals surface area contributed by atoms with Crippen LogP contribution in [0.4, 0.5) is 0 Å². The van der Waals surface area contributed by atoms with Crippen LogP contribution in [0.5, 0.6) is 0 Å². The SMILES string of the molecule is C[C@H](CCC(=O)NCCC[N+](C)(C)CCCS(=O)(=O)[O-])[C@H]1CCC2C3CCC4CCCC[C@]4(C)C3CC[C@@]21C.O. The molecule has 40 heavy (non-hydrogen) atoms. The summed E-state index contributed by atoms with van der Waals surface area (Å²) in [6.07, 6.45) is 17.2. The van der Waals surface area contributed by atoms with Crippen LogP contribution in [0.3, 0.4) is 0 Å². The van der Waals surface area contributed by atoms with E-state index in [4.69, 9.17) is 0 Å². The Labute approximate surface area is 245 Å². The predicted octanol–water partition coefficient (Wildman–Crippen LogP) is 5.15. The summed E-state index contributed by atoms with van der Waals surface area (Å²) in [5.74, 6) is 4.99. The Balaban J connectivity index is 0.00000441. The summed E-state index contributed by atoms with van der Waals surface area (Å²) in [4.78, 5) is 12.7. The molecule has 4 aliphatic rings. The van der Waals surface area contributed by atoms with Crippen LogP contribution < -0.4 is 5.32 Å². The molecule has 234 valence electrons. The number of rotatable bonds is 12. The third-order valence-electron chi connectivity index (χ3n) is 12.6. The molecule has 0 aromatic carbocycles. The molecule has 4 aliphatic carbocycles. The highest BCUT2D eigenvalue weighted by Gasteiger charge is 2.60. The van der Waals surface area contributed by atoms with E-state index in [0.29, 0.717) is 47.2 Å². The van der Waals surface area contributed by atoms with Crippen LogP contribution >= 0.6 is 0 Å². The minimum atomic E-state index is -4.14. The number of amides is 1. The highest BCUT2D eigenvalue weighted by atomic mass is 32.2. The Morgan fingerprint density at radius 2 is 1.65 bits per heavy atom.